The molecule has 0 radical (unpaired) electrons. The largest absolute Gasteiger partial charge is 0.434 e. The van der Waals surface area contributed by atoms with E-state index in [0.29, 0.717) is 5.56 Å². The van der Waals surface area contributed by atoms with Crippen LogP contribution in [0.3, 0.4) is 0 Å². The van der Waals surface area contributed by atoms with Crippen LogP contribution in [0.25, 0.3) is 32.6 Å². The number of halogens is 2. The van der Waals surface area contributed by atoms with Crippen molar-refractivity contribution in [3.8, 4) is 5.75 Å². The molecule has 0 fully saturated rings. The van der Waals surface area contributed by atoms with Crippen LogP contribution in [0, 0.1) is 0 Å². The molecule has 0 saturated carbocycles. The third-order valence-electron chi connectivity index (χ3n) is 5.56. The quantitative estimate of drug-likeness (QED) is 0.277. The number of fused-ring (bicyclic) bond motifs is 4. The van der Waals surface area contributed by atoms with E-state index >= 15 is 0 Å². The molecule has 0 saturated heterocycles. The Balaban J connectivity index is 1.64. The zero-order chi connectivity index (χ0) is 21.4. The van der Waals surface area contributed by atoms with Gasteiger partial charge in [0.2, 0.25) is 0 Å². The number of ether oxygens (including phenoxy) is 1. The summed E-state index contributed by atoms with van der Waals surface area (Å²) in [5.41, 5.74) is 3.62. The Bertz CT molecular complexity index is 1440. The van der Waals surface area contributed by atoms with E-state index < -0.39 is 6.61 Å². The van der Waals surface area contributed by atoms with Gasteiger partial charge in [0.15, 0.2) is 0 Å². The lowest BCUT2D eigenvalue weighted by Gasteiger charge is -2.10. The van der Waals surface area contributed by atoms with E-state index in [4.69, 9.17) is 4.74 Å². The molecule has 0 N–H and O–H groups in total. The SMILES string of the molecule is CCn1c2ccccc2c2cc(N=Cc3c(OC(F)F)ccc4ccccc34)ccc21. The summed E-state index contributed by atoms with van der Waals surface area (Å²) >= 11 is 0. The molecule has 0 atom stereocenters. The highest BCUT2D eigenvalue weighted by Gasteiger charge is 2.12. The zero-order valence-corrected chi connectivity index (χ0v) is 16.9. The van der Waals surface area contributed by atoms with Crippen LogP contribution in [0.5, 0.6) is 5.75 Å². The maximum Gasteiger partial charge on any atom is 0.387 e. The molecule has 0 aliphatic heterocycles. The van der Waals surface area contributed by atoms with Crippen molar-refractivity contribution in [3.05, 3.63) is 84.4 Å². The van der Waals surface area contributed by atoms with Crippen molar-refractivity contribution in [1.82, 2.24) is 4.57 Å². The van der Waals surface area contributed by atoms with Crippen molar-refractivity contribution in [3.63, 3.8) is 0 Å². The normalized spacial score (nSPS) is 12.0. The first kappa shape index (κ1) is 19.2. The number of benzene rings is 4. The van der Waals surface area contributed by atoms with Gasteiger partial charge < -0.3 is 9.30 Å². The molecule has 0 bridgehead atoms. The van der Waals surface area contributed by atoms with Gasteiger partial charge in [0.25, 0.3) is 0 Å². The van der Waals surface area contributed by atoms with Crippen molar-refractivity contribution < 1.29 is 13.5 Å². The van der Waals surface area contributed by atoms with Crippen molar-refractivity contribution in [2.75, 3.05) is 0 Å². The number of aryl methyl sites for hydroxylation is 1. The molecule has 0 amide bonds. The second-order valence-electron chi connectivity index (χ2n) is 7.30. The topological polar surface area (TPSA) is 26.5 Å². The van der Waals surface area contributed by atoms with Crippen LogP contribution in [0.4, 0.5) is 14.5 Å². The summed E-state index contributed by atoms with van der Waals surface area (Å²) in [6.45, 7) is 0.102. The number of nitrogens with zero attached hydrogens (tertiary/aromatic N) is 2. The van der Waals surface area contributed by atoms with Crippen molar-refractivity contribution in [2.24, 2.45) is 4.99 Å². The molecule has 1 heterocycles. The Morgan fingerprint density at radius 2 is 1.61 bits per heavy atom. The van der Waals surface area contributed by atoms with Gasteiger partial charge >= 0.3 is 6.61 Å². The van der Waals surface area contributed by atoms with E-state index in [9.17, 15) is 8.78 Å². The predicted molar refractivity (Wildman–Crippen MR) is 123 cm³/mol. The highest BCUT2D eigenvalue weighted by Crippen LogP contribution is 2.33. The standard InChI is InChI=1S/C26H20F2N2O/c1-2-30-23-10-6-5-9-20(23)21-15-18(12-13-24(21)30)29-16-22-19-8-4-3-7-17(19)11-14-25(22)31-26(27)28/h3-16,26H,2H2,1H3. The van der Waals surface area contributed by atoms with Gasteiger partial charge in [-0.3, -0.25) is 4.99 Å². The van der Waals surface area contributed by atoms with Gasteiger partial charge in [-0.15, -0.1) is 0 Å². The Labute approximate surface area is 178 Å². The second kappa shape index (κ2) is 7.84. The molecule has 0 aliphatic carbocycles. The summed E-state index contributed by atoms with van der Waals surface area (Å²) in [6, 6.07) is 25.3. The average Bonchev–Trinajstić information content (AvgIpc) is 3.11. The minimum atomic E-state index is -2.90. The van der Waals surface area contributed by atoms with Gasteiger partial charge in [-0.05, 0) is 48.0 Å². The van der Waals surface area contributed by atoms with Crippen molar-refractivity contribution >= 4 is 44.5 Å². The summed E-state index contributed by atoms with van der Waals surface area (Å²) < 4.78 is 32.9. The number of alkyl halides is 2. The summed E-state index contributed by atoms with van der Waals surface area (Å²) in [7, 11) is 0. The molecule has 5 heteroatoms. The first-order valence-electron chi connectivity index (χ1n) is 10.2. The lowest BCUT2D eigenvalue weighted by Crippen LogP contribution is -2.04. The van der Waals surface area contributed by atoms with Crippen LogP contribution in [-0.2, 0) is 6.54 Å². The van der Waals surface area contributed by atoms with E-state index in [-0.39, 0.29) is 5.75 Å². The molecule has 31 heavy (non-hydrogen) atoms. The van der Waals surface area contributed by atoms with Gasteiger partial charge in [0, 0.05) is 40.1 Å². The van der Waals surface area contributed by atoms with Crippen LogP contribution in [0.15, 0.2) is 83.9 Å². The molecule has 4 aromatic carbocycles. The van der Waals surface area contributed by atoms with Gasteiger partial charge in [-0.25, -0.2) is 0 Å². The fourth-order valence-corrected chi connectivity index (χ4v) is 4.21. The number of hydrogen-bond donors (Lipinski definition) is 0. The van der Waals surface area contributed by atoms with E-state index in [0.717, 1.165) is 33.9 Å². The zero-order valence-electron chi connectivity index (χ0n) is 16.9. The summed E-state index contributed by atoms with van der Waals surface area (Å²) in [5.74, 6) is 0.112. The minimum absolute atomic E-state index is 0.112. The molecular weight excluding hydrogens is 394 g/mol. The lowest BCUT2D eigenvalue weighted by molar-refractivity contribution is -0.0498. The summed E-state index contributed by atoms with van der Waals surface area (Å²) in [5, 5.41) is 4.04. The van der Waals surface area contributed by atoms with Gasteiger partial charge in [0.05, 0.1) is 5.69 Å². The number of para-hydroxylation sites is 1. The molecule has 0 spiro atoms. The predicted octanol–water partition coefficient (Wildman–Crippen LogP) is 7.32. The number of hydrogen-bond acceptors (Lipinski definition) is 2. The molecule has 1 aromatic heterocycles. The monoisotopic (exact) mass is 414 g/mol. The fraction of sp³-hybridized carbons (Fsp3) is 0.115. The van der Waals surface area contributed by atoms with Crippen LogP contribution in [0.1, 0.15) is 12.5 Å². The number of aromatic nitrogens is 1. The Morgan fingerprint density at radius 3 is 2.42 bits per heavy atom. The van der Waals surface area contributed by atoms with Crippen LogP contribution in [0.2, 0.25) is 0 Å². The lowest BCUT2D eigenvalue weighted by atomic mass is 10.0. The van der Waals surface area contributed by atoms with Crippen LogP contribution < -0.4 is 4.74 Å². The molecule has 5 rings (SSSR count). The van der Waals surface area contributed by atoms with Gasteiger partial charge in [0.1, 0.15) is 5.75 Å². The maximum atomic E-state index is 13.0. The third-order valence-corrected chi connectivity index (χ3v) is 5.56. The smallest absolute Gasteiger partial charge is 0.387 e. The fourth-order valence-electron chi connectivity index (χ4n) is 4.21. The third kappa shape index (κ3) is 3.42. The molecule has 5 aromatic rings. The summed E-state index contributed by atoms with van der Waals surface area (Å²) in [4.78, 5) is 4.63. The first-order valence-corrected chi connectivity index (χ1v) is 10.2. The van der Waals surface area contributed by atoms with Crippen LogP contribution >= 0.6 is 0 Å². The minimum Gasteiger partial charge on any atom is -0.434 e. The molecule has 0 aliphatic rings. The Hall–Kier alpha value is -3.73. The number of aliphatic imine (C=N–C) groups is 1. The second-order valence-corrected chi connectivity index (χ2v) is 7.30. The average molecular weight is 414 g/mol. The maximum absolute atomic E-state index is 13.0. The van der Waals surface area contributed by atoms with Crippen molar-refractivity contribution in [1.29, 1.82) is 0 Å². The Morgan fingerprint density at radius 1 is 0.871 bits per heavy atom. The van der Waals surface area contributed by atoms with E-state index in [1.807, 2.05) is 48.5 Å². The van der Waals surface area contributed by atoms with E-state index in [1.54, 1.807) is 18.3 Å². The molecule has 3 nitrogen and oxygen atoms in total. The number of rotatable bonds is 5. The molecule has 0 unspecified atom stereocenters. The van der Waals surface area contributed by atoms with Crippen molar-refractivity contribution in [2.45, 2.75) is 20.1 Å². The Kier molecular flexibility index (Phi) is 4.86. The first-order chi connectivity index (χ1) is 15.2. The molecule has 154 valence electrons. The van der Waals surface area contributed by atoms with Crippen LogP contribution in [-0.4, -0.2) is 17.4 Å². The van der Waals surface area contributed by atoms with Gasteiger partial charge in [-0.2, -0.15) is 8.78 Å². The molecular formula is C26H20F2N2O. The van der Waals surface area contributed by atoms with E-state index in [2.05, 4.69) is 34.7 Å². The van der Waals surface area contributed by atoms with E-state index in [1.165, 1.54) is 10.9 Å². The highest BCUT2D eigenvalue weighted by atomic mass is 19.3. The highest BCUT2D eigenvalue weighted by molar-refractivity contribution is 6.09. The van der Waals surface area contributed by atoms with Gasteiger partial charge in [-0.1, -0.05) is 48.5 Å². The summed E-state index contributed by atoms with van der Waals surface area (Å²) in [6.07, 6.45) is 1.61.